The van der Waals surface area contributed by atoms with Crippen molar-refractivity contribution in [3.05, 3.63) is 30.1 Å². The third-order valence-electron chi connectivity index (χ3n) is 6.75. The summed E-state index contributed by atoms with van der Waals surface area (Å²) in [5, 5.41) is 3.13. The molecule has 1 saturated heterocycles. The molecular formula is C24H29F3N4O3. The number of ether oxygens (including phenoxy) is 1. The number of hydrogen-bond acceptors (Lipinski definition) is 7. The van der Waals surface area contributed by atoms with Gasteiger partial charge in [-0.1, -0.05) is 0 Å². The molecule has 1 saturated carbocycles. The van der Waals surface area contributed by atoms with Gasteiger partial charge in [0.15, 0.2) is 5.78 Å². The summed E-state index contributed by atoms with van der Waals surface area (Å²) in [5.41, 5.74) is -0.403. The van der Waals surface area contributed by atoms with Crippen molar-refractivity contribution in [3.8, 4) is 0 Å². The number of esters is 1. The number of hydrogen-bond donors (Lipinski definition) is 1. The highest BCUT2D eigenvalue weighted by Gasteiger charge is 2.37. The second-order valence-corrected chi connectivity index (χ2v) is 9.13. The summed E-state index contributed by atoms with van der Waals surface area (Å²) >= 11 is 0. The van der Waals surface area contributed by atoms with Crippen LogP contribution < -0.4 is 5.32 Å². The molecule has 2 aliphatic rings. The van der Waals surface area contributed by atoms with Crippen molar-refractivity contribution in [2.24, 2.45) is 11.8 Å². The number of ketones is 1. The minimum atomic E-state index is -4.47. The smallest absolute Gasteiger partial charge is 0.416 e. The summed E-state index contributed by atoms with van der Waals surface area (Å²) < 4.78 is 44.3. The Morgan fingerprint density at radius 2 is 1.88 bits per heavy atom. The maximum absolute atomic E-state index is 13.1. The van der Waals surface area contributed by atoms with E-state index in [-0.39, 0.29) is 41.3 Å². The Kier molecular flexibility index (Phi) is 7.35. The minimum absolute atomic E-state index is 0.00348. The maximum Gasteiger partial charge on any atom is 0.416 e. The maximum atomic E-state index is 13.1. The topological polar surface area (TPSA) is 84.4 Å². The van der Waals surface area contributed by atoms with Gasteiger partial charge in [0.05, 0.1) is 30.1 Å². The molecule has 184 valence electrons. The first-order valence-electron chi connectivity index (χ1n) is 11.7. The second kappa shape index (κ2) is 10.2. The van der Waals surface area contributed by atoms with E-state index >= 15 is 0 Å². The van der Waals surface area contributed by atoms with E-state index in [9.17, 15) is 22.8 Å². The van der Waals surface area contributed by atoms with Crippen molar-refractivity contribution in [3.63, 3.8) is 0 Å². The van der Waals surface area contributed by atoms with E-state index in [2.05, 4.69) is 20.2 Å². The van der Waals surface area contributed by atoms with Crippen LogP contribution in [-0.4, -0.2) is 58.9 Å². The molecule has 0 amide bonds. The van der Waals surface area contributed by atoms with Gasteiger partial charge in [0.1, 0.15) is 12.1 Å². The Bertz CT molecular complexity index is 1030. The molecule has 34 heavy (non-hydrogen) atoms. The zero-order chi connectivity index (χ0) is 24.3. The summed E-state index contributed by atoms with van der Waals surface area (Å²) in [7, 11) is 0. The van der Waals surface area contributed by atoms with Crippen LogP contribution in [0.4, 0.5) is 19.0 Å². The number of likely N-dealkylation sites (tertiary alicyclic amines) is 1. The van der Waals surface area contributed by atoms with E-state index in [1.165, 1.54) is 12.4 Å². The van der Waals surface area contributed by atoms with Gasteiger partial charge >= 0.3 is 12.1 Å². The molecular weight excluding hydrogens is 449 g/mol. The largest absolute Gasteiger partial charge is 0.466 e. The average Bonchev–Trinajstić information content (AvgIpc) is 2.79. The van der Waals surface area contributed by atoms with Crippen molar-refractivity contribution in [1.82, 2.24) is 14.9 Å². The van der Waals surface area contributed by atoms with Crippen molar-refractivity contribution in [2.75, 3.05) is 31.6 Å². The monoisotopic (exact) mass is 478 g/mol. The number of halogens is 3. The molecule has 0 atom stereocenters. The second-order valence-electron chi connectivity index (χ2n) is 9.13. The molecule has 0 bridgehead atoms. The lowest BCUT2D eigenvalue weighted by Gasteiger charge is -2.46. The predicted octanol–water partition coefficient (Wildman–Crippen LogP) is 4.07. The van der Waals surface area contributed by atoms with Gasteiger partial charge < -0.3 is 10.1 Å². The number of nitrogens with one attached hydrogen (secondary N) is 1. The number of alkyl halides is 3. The summed E-state index contributed by atoms with van der Waals surface area (Å²) in [6.07, 6.45) is 0.832. The summed E-state index contributed by atoms with van der Waals surface area (Å²) in [6.45, 7) is 3.94. The van der Waals surface area contributed by atoms with Crippen LogP contribution in [0.25, 0.3) is 10.9 Å². The number of nitrogens with zero attached hydrogens (tertiary/aromatic N) is 3. The first kappa shape index (κ1) is 24.4. The molecule has 0 radical (unpaired) electrons. The number of fused-ring (bicyclic) bond motifs is 1. The highest BCUT2D eigenvalue weighted by molar-refractivity contribution is 5.91. The Hall–Kier alpha value is -2.75. The Morgan fingerprint density at radius 1 is 1.15 bits per heavy atom. The number of aromatic nitrogens is 2. The zero-order valence-corrected chi connectivity index (χ0v) is 19.1. The van der Waals surface area contributed by atoms with Crippen LogP contribution in [0.2, 0.25) is 0 Å². The standard InChI is InChI=1S/C24H29F3N4O3/c1-2-34-23(33)16-3-6-18(7-4-16)31-12-15(13-31)9-19(32)11-28-22-20-10-17(24(25,26)27)5-8-21(20)29-14-30-22/h5,8,10,14-16,18H,2-4,6-7,9,11-13H2,1H3,(H,28,29,30). The molecule has 0 unspecified atom stereocenters. The lowest BCUT2D eigenvalue weighted by Crippen LogP contribution is -2.53. The minimum Gasteiger partial charge on any atom is -0.466 e. The van der Waals surface area contributed by atoms with Crippen LogP contribution in [0.15, 0.2) is 24.5 Å². The number of carbonyl (C=O) groups excluding carboxylic acids is 2. The fraction of sp³-hybridized carbons (Fsp3) is 0.583. The number of rotatable bonds is 8. The van der Waals surface area contributed by atoms with Gasteiger partial charge in [-0.25, -0.2) is 9.97 Å². The summed E-state index contributed by atoms with van der Waals surface area (Å²) in [5.74, 6) is 0.404. The molecule has 1 aliphatic heterocycles. The molecule has 2 heterocycles. The van der Waals surface area contributed by atoms with Crippen LogP contribution in [-0.2, 0) is 20.5 Å². The van der Waals surface area contributed by atoms with Gasteiger partial charge in [0, 0.05) is 30.9 Å². The molecule has 7 nitrogen and oxygen atoms in total. The van der Waals surface area contributed by atoms with Gasteiger partial charge in [-0.2, -0.15) is 13.2 Å². The SMILES string of the molecule is CCOC(=O)C1CCC(N2CC(CC(=O)CNc3ncnc4ccc(C(F)(F)F)cc34)C2)CC1. The number of benzene rings is 1. The normalized spacial score (nSPS) is 21.8. The van der Waals surface area contributed by atoms with E-state index < -0.39 is 11.7 Å². The molecule has 0 spiro atoms. The number of carbonyl (C=O) groups is 2. The first-order chi connectivity index (χ1) is 16.2. The summed E-state index contributed by atoms with van der Waals surface area (Å²) in [6, 6.07) is 3.74. The lowest BCUT2D eigenvalue weighted by atomic mass is 9.82. The van der Waals surface area contributed by atoms with Crippen LogP contribution in [0.1, 0.15) is 44.6 Å². The van der Waals surface area contributed by atoms with Crippen LogP contribution >= 0.6 is 0 Å². The van der Waals surface area contributed by atoms with Crippen LogP contribution in [0.3, 0.4) is 0 Å². The van der Waals surface area contributed by atoms with E-state index in [1.807, 2.05) is 6.92 Å². The lowest BCUT2D eigenvalue weighted by molar-refractivity contribution is -0.150. The quantitative estimate of drug-likeness (QED) is 0.573. The van der Waals surface area contributed by atoms with E-state index in [1.54, 1.807) is 0 Å². The van der Waals surface area contributed by atoms with Crippen molar-refractivity contribution in [2.45, 2.75) is 51.2 Å². The molecule has 1 N–H and O–H groups in total. The third-order valence-corrected chi connectivity index (χ3v) is 6.75. The highest BCUT2D eigenvalue weighted by atomic mass is 19.4. The molecule has 4 rings (SSSR count). The fourth-order valence-corrected chi connectivity index (χ4v) is 4.92. The Morgan fingerprint density at radius 3 is 2.56 bits per heavy atom. The summed E-state index contributed by atoms with van der Waals surface area (Å²) in [4.78, 5) is 34.8. The van der Waals surface area contributed by atoms with Gasteiger partial charge in [0.25, 0.3) is 0 Å². The molecule has 10 heteroatoms. The molecule has 1 aliphatic carbocycles. The van der Waals surface area contributed by atoms with Gasteiger partial charge in [-0.05, 0) is 56.7 Å². The van der Waals surface area contributed by atoms with Crippen LogP contribution in [0, 0.1) is 11.8 Å². The average molecular weight is 479 g/mol. The van der Waals surface area contributed by atoms with Crippen molar-refractivity contribution < 1.29 is 27.5 Å². The van der Waals surface area contributed by atoms with E-state index in [0.29, 0.717) is 24.6 Å². The Balaban J connectivity index is 1.23. The predicted molar refractivity (Wildman–Crippen MR) is 120 cm³/mol. The van der Waals surface area contributed by atoms with E-state index in [0.717, 1.165) is 50.9 Å². The molecule has 1 aromatic heterocycles. The first-order valence-corrected chi connectivity index (χ1v) is 11.7. The van der Waals surface area contributed by atoms with Gasteiger partial charge in [0.2, 0.25) is 0 Å². The van der Waals surface area contributed by atoms with Crippen LogP contribution in [0.5, 0.6) is 0 Å². The number of Topliss-reactive ketones (excluding diaryl/α,β-unsaturated/α-hetero) is 1. The zero-order valence-electron chi connectivity index (χ0n) is 19.1. The number of anilines is 1. The molecule has 2 aromatic rings. The highest BCUT2D eigenvalue weighted by Crippen LogP contribution is 2.34. The van der Waals surface area contributed by atoms with Crippen molar-refractivity contribution >= 4 is 28.5 Å². The van der Waals surface area contributed by atoms with E-state index in [4.69, 9.17) is 4.74 Å². The molecule has 2 fully saturated rings. The molecule has 1 aromatic carbocycles. The van der Waals surface area contributed by atoms with Gasteiger partial charge in [-0.3, -0.25) is 14.5 Å². The fourth-order valence-electron chi connectivity index (χ4n) is 4.92. The van der Waals surface area contributed by atoms with Crippen molar-refractivity contribution in [1.29, 1.82) is 0 Å². The Labute approximate surface area is 196 Å². The van der Waals surface area contributed by atoms with Gasteiger partial charge in [-0.15, -0.1) is 0 Å². The third kappa shape index (κ3) is 5.65.